The van der Waals surface area contributed by atoms with Crippen LogP contribution in [0.3, 0.4) is 0 Å². The van der Waals surface area contributed by atoms with Crippen molar-refractivity contribution in [1.29, 1.82) is 0 Å². The number of pyridine rings is 1. The van der Waals surface area contributed by atoms with Gasteiger partial charge in [-0.3, -0.25) is 4.79 Å². The van der Waals surface area contributed by atoms with Gasteiger partial charge < -0.3 is 9.64 Å². The van der Waals surface area contributed by atoms with Crippen LogP contribution in [0.1, 0.15) is 30.1 Å². The van der Waals surface area contributed by atoms with Crippen molar-refractivity contribution in [3.8, 4) is 0 Å². The lowest BCUT2D eigenvalue weighted by Gasteiger charge is -2.39. The van der Waals surface area contributed by atoms with Gasteiger partial charge in [-0.05, 0) is 47.8 Å². The maximum Gasteiger partial charge on any atom is 0.254 e. The van der Waals surface area contributed by atoms with Gasteiger partial charge in [0.25, 0.3) is 5.91 Å². The number of amides is 1. The summed E-state index contributed by atoms with van der Waals surface area (Å²) in [5.41, 5.74) is 0.440. The lowest BCUT2D eigenvalue weighted by molar-refractivity contribution is -0.0440. The largest absolute Gasteiger partial charge is 0.377 e. The van der Waals surface area contributed by atoms with E-state index in [9.17, 15) is 4.79 Å². The molecule has 0 aliphatic carbocycles. The van der Waals surface area contributed by atoms with Crippen molar-refractivity contribution >= 4 is 21.8 Å². The van der Waals surface area contributed by atoms with Crippen molar-refractivity contribution in [1.82, 2.24) is 9.88 Å². The number of hydrogen-bond donors (Lipinski definition) is 0. The molecule has 2 heterocycles. The maximum atomic E-state index is 12.4. The van der Waals surface area contributed by atoms with E-state index in [1.54, 1.807) is 25.4 Å². The molecule has 1 aromatic heterocycles. The van der Waals surface area contributed by atoms with Crippen molar-refractivity contribution in [2.45, 2.75) is 25.4 Å². The number of hydrogen-bond acceptors (Lipinski definition) is 3. The molecule has 4 nitrogen and oxygen atoms in total. The highest BCUT2D eigenvalue weighted by Gasteiger charge is 2.33. The number of likely N-dealkylation sites (tertiary alicyclic amines) is 1. The molecule has 1 fully saturated rings. The van der Waals surface area contributed by atoms with Crippen LogP contribution in [0.2, 0.25) is 0 Å². The monoisotopic (exact) mass is 312 g/mol. The van der Waals surface area contributed by atoms with Gasteiger partial charge in [0.2, 0.25) is 0 Å². The van der Waals surface area contributed by atoms with Crippen LogP contribution in [0, 0.1) is 0 Å². The van der Waals surface area contributed by atoms with Crippen LogP contribution in [0.15, 0.2) is 22.9 Å². The molecular weight excluding hydrogens is 296 g/mol. The van der Waals surface area contributed by atoms with Crippen LogP contribution in [-0.2, 0) is 4.74 Å². The Balaban J connectivity index is 2.14. The first kappa shape index (κ1) is 13.5. The zero-order valence-corrected chi connectivity index (χ0v) is 12.2. The molecule has 1 saturated heterocycles. The van der Waals surface area contributed by atoms with Gasteiger partial charge in [-0.25, -0.2) is 4.98 Å². The van der Waals surface area contributed by atoms with Crippen molar-refractivity contribution in [3.05, 3.63) is 28.5 Å². The Morgan fingerprint density at radius 3 is 3.06 bits per heavy atom. The molecule has 0 radical (unpaired) electrons. The van der Waals surface area contributed by atoms with Crippen LogP contribution in [0.5, 0.6) is 0 Å². The summed E-state index contributed by atoms with van der Waals surface area (Å²) in [6, 6.07) is 3.49. The van der Waals surface area contributed by atoms with E-state index >= 15 is 0 Å². The first-order valence-electron chi connectivity index (χ1n) is 6.00. The predicted octanol–water partition coefficient (Wildman–Crippen LogP) is 2.49. The average Bonchev–Trinajstić information content (AvgIpc) is 2.38. The molecule has 0 bridgehead atoms. The Labute approximate surface area is 115 Å². The summed E-state index contributed by atoms with van der Waals surface area (Å²) in [6.07, 6.45) is 3.60. The predicted molar refractivity (Wildman–Crippen MR) is 72.5 cm³/mol. The minimum atomic E-state index is -0.224. The highest BCUT2D eigenvalue weighted by Crippen LogP contribution is 2.25. The summed E-state index contributed by atoms with van der Waals surface area (Å²) in [6.45, 7) is 3.48. The summed E-state index contributed by atoms with van der Waals surface area (Å²) < 4.78 is 6.18. The van der Waals surface area contributed by atoms with E-state index in [0.29, 0.717) is 16.7 Å². The Hall–Kier alpha value is -0.940. The number of carbonyl (C=O) groups is 1. The minimum absolute atomic E-state index is 0.0427. The summed E-state index contributed by atoms with van der Waals surface area (Å²) in [7, 11) is 1.71. The summed E-state index contributed by atoms with van der Waals surface area (Å²) in [5.74, 6) is 0.0427. The molecule has 0 aromatic carbocycles. The third kappa shape index (κ3) is 2.90. The number of carbonyl (C=O) groups excluding carboxylic acids is 1. The summed E-state index contributed by atoms with van der Waals surface area (Å²) in [4.78, 5) is 18.3. The minimum Gasteiger partial charge on any atom is -0.377 e. The number of aromatic nitrogens is 1. The van der Waals surface area contributed by atoms with Crippen LogP contribution in [-0.4, -0.2) is 41.6 Å². The van der Waals surface area contributed by atoms with Gasteiger partial charge in [0.15, 0.2) is 0 Å². The van der Waals surface area contributed by atoms with Crippen molar-refractivity contribution < 1.29 is 9.53 Å². The fourth-order valence-corrected chi connectivity index (χ4v) is 2.63. The second-order valence-corrected chi connectivity index (χ2v) is 5.66. The lowest BCUT2D eigenvalue weighted by Crippen LogP contribution is -2.49. The first-order valence-corrected chi connectivity index (χ1v) is 6.79. The van der Waals surface area contributed by atoms with Crippen LogP contribution < -0.4 is 0 Å². The molecule has 0 N–H and O–H groups in total. The van der Waals surface area contributed by atoms with Gasteiger partial charge in [0, 0.05) is 32.0 Å². The fourth-order valence-electron chi connectivity index (χ4n) is 2.26. The second-order valence-electron chi connectivity index (χ2n) is 4.85. The topological polar surface area (TPSA) is 42.4 Å². The fraction of sp³-hybridized carbons (Fsp3) is 0.538. The number of nitrogens with zero attached hydrogens (tertiary/aromatic N) is 2. The molecule has 1 atom stereocenters. The molecule has 18 heavy (non-hydrogen) atoms. The first-order chi connectivity index (χ1) is 8.54. The van der Waals surface area contributed by atoms with E-state index in [1.807, 2.05) is 4.90 Å². The molecule has 0 saturated carbocycles. The number of piperidine rings is 1. The smallest absolute Gasteiger partial charge is 0.254 e. The number of rotatable bonds is 2. The van der Waals surface area contributed by atoms with Crippen LogP contribution >= 0.6 is 15.9 Å². The lowest BCUT2D eigenvalue weighted by atomic mass is 9.94. The third-order valence-corrected chi connectivity index (χ3v) is 3.85. The number of methoxy groups -OCH3 is 1. The molecule has 0 spiro atoms. The zero-order valence-electron chi connectivity index (χ0n) is 10.6. The second kappa shape index (κ2) is 5.36. The Bertz CT molecular complexity index is 452. The molecule has 1 unspecified atom stereocenters. The highest BCUT2D eigenvalue weighted by atomic mass is 79.9. The SMILES string of the molecule is COC1(C)CCCN(C(=O)c2ccnc(Br)c2)C1. The quantitative estimate of drug-likeness (QED) is 0.788. The Morgan fingerprint density at radius 1 is 1.61 bits per heavy atom. The zero-order chi connectivity index (χ0) is 13.2. The van der Waals surface area contributed by atoms with Crippen molar-refractivity contribution in [3.63, 3.8) is 0 Å². The van der Waals surface area contributed by atoms with Crippen LogP contribution in [0.25, 0.3) is 0 Å². The van der Waals surface area contributed by atoms with E-state index in [2.05, 4.69) is 27.8 Å². The highest BCUT2D eigenvalue weighted by molar-refractivity contribution is 9.10. The number of ether oxygens (including phenoxy) is 1. The van der Waals surface area contributed by atoms with Gasteiger partial charge in [-0.15, -0.1) is 0 Å². The van der Waals surface area contributed by atoms with E-state index in [1.165, 1.54) is 0 Å². The molecule has 1 amide bonds. The van der Waals surface area contributed by atoms with Gasteiger partial charge in [-0.2, -0.15) is 0 Å². The molecule has 1 aromatic rings. The van der Waals surface area contributed by atoms with Gasteiger partial charge >= 0.3 is 0 Å². The van der Waals surface area contributed by atoms with E-state index < -0.39 is 0 Å². The normalized spacial score (nSPS) is 24.1. The molecule has 5 heteroatoms. The molecule has 98 valence electrons. The maximum absolute atomic E-state index is 12.4. The van der Waals surface area contributed by atoms with Crippen molar-refractivity contribution in [2.24, 2.45) is 0 Å². The van der Waals surface area contributed by atoms with Crippen molar-refractivity contribution in [2.75, 3.05) is 20.2 Å². The average molecular weight is 313 g/mol. The third-order valence-electron chi connectivity index (χ3n) is 3.41. The van der Waals surface area contributed by atoms with E-state index in [0.717, 1.165) is 19.4 Å². The Kier molecular flexibility index (Phi) is 4.02. The van der Waals surface area contributed by atoms with Gasteiger partial charge in [0.1, 0.15) is 4.60 Å². The molecule has 2 rings (SSSR count). The Morgan fingerprint density at radius 2 is 2.39 bits per heavy atom. The van der Waals surface area contributed by atoms with Gasteiger partial charge in [-0.1, -0.05) is 0 Å². The van der Waals surface area contributed by atoms with E-state index in [4.69, 9.17) is 4.74 Å². The van der Waals surface area contributed by atoms with Crippen LogP contribution in [0.4, 0.5) is 0 Å². The van der Waals surface area contributed by atoms with E-state index in [-0.39, 0.29) is 11.5 Å². The molecule has 1 aliphatic rings. The molecular formula is C13H17BrN2O2. The van der Waals surface area contributed by atoms with Gasteiger partial charge in [0.05, 0.1) is 5.60 Å². The summed E-state index contributed by atoms with van der Waals surface area (Å²) in [5, 5.41) is 0. The molecule has 1 aliphatic heterocycles. The number of halogens is 1. The standard InChI is InChI=1S/C13H17BrN2O2/c1-13(18-2)5-3-7-16(9-13)12(17)10-4-6-15-11(14)8-10/h4,6,8H,3,5,7,9H2,1-2H3. The summed E-state index contributed by atoms with van der Waals surface area (Å²) >= 11 is 3.28.